The Morgan fingerprint density at radius 3 is 2.74 bits per heavy atom. The van der Waals surface area contributed by atoms with Crippen molar-refractivity contribution in [2.24, 2.45) is 0 Å². The average molecular weight is 315 g/mol. The van der Waals surface area contributed by atoms with Crippen LogP contribution in [0.3, 0.4) is 0 Å². The van der Waals surface area contributed by atoms with Gasteiger partial charge in [0.1, 0.15) is 12.1 Å². The lowest BCUT2D eigenvalue weighted by molar-refractivity contribution is 0.415. The third kappa shape index (κ3) is 2.31. The first-order chi connectivity index (χ1) is 9.28. The third-order valence-corrected chi connectivity index (χ3v) is 3.43. The third-order valence-electron chi connectivity index (χ3n) is 2.94. The van der Waals surface area contributed by atoms with E-state index in [0.29, 0.717) is 0 Å². The van der Waals surface area contributed by atoms with Gasteiger partial charge in [-0.3, -0.25) is 0 Å². The SMILES string of the molecule is COc1ccc2c(-c3cccc(Br)c3)ncnc2c1. The molecule has 0 radical (unpaired) electrons. The summed E-state index contributed by atoms with van der Waals surface area (Å²) in [5.74, 6) is 0.798. The van der Waals surface area contributed by atoms with Crippen LogP contribution in [0.2, 0.25) is 0 Å². The molecular weight excluding hydrogens is 304 g/mol. The number of hydrogen-bond donors (Lipinski definition) is 0. The van der Waals surface area contributed by atoms with Gasteiger partial charge in [0.25, 0.3) is 0 Å². The molecule has 0 N–H and O–H groups in total. The van der Waals surface area contributed by atoms with Crippen LogP contribution in [0.5, 0.6) is 5.75 Å². The summed E-state index contributed by atoms with van der Waals surface area (Å²) in [7, 11) is 1.65. The molecule has 0 spiro atoms. The monoisotopic (exact) mass is 314 g/mol. The fraction of sp³-hybridized carbons (Fsp3) is 0.0667. The number of ether oxygens (including phenoxy) is 1. The van der Waals surface area contributed by atoms with Gasteiger partial charge in [-0.25, -0.2) is 9.97 Å². The van der Waals surface area contributed by atoms with Crippen molar-refractivity contribution in [1.29, 1.82) is 0 Å². The Labute approximate surface area is 119 Å². The van der Waals surface area contributed by atoms with Gasteiger partial charge in [-0.1, -0.05) is 28.1 Å². The zero-order valence-electron chi connectivity index (χ0n) is 10.3. The summed E-state index contributed by atoms with van der Waals surface area (Å²) in [6, 6.07) is 13.9. The molecule has 0 aliphatic rings. The molecule has 0 atom stereocenters. The molecule has 4 heteroatoms. The molecule has 0 aliphatic carbocycles. The molecule has 19 heavy (non-hydrogen) atoms. The highest BCUT2D eigenvalue weighted by molar-refractivity contribution is 9.10. The van der Waals surface area contributed by atoms with Crippen molar-refractivity contribution in [3.63, 3.8) is 0 Å². The summed E-state index contributed by atoms with van der Waals surface area (Å²) < 4.78 is 6.25. The molecule has 0 unspecified atom stereocenters. The lowest BCUT2D eigenvalue weighted by atomic mass is 10.1. The Bertz CT molecular complexity index is 743. The second-order valence-electron chi connectivity index (χ2n) is 4.12. The number of methoxy groups -OCH3 is 1. The van der Waals surface area contributed by atoms with Crippen molar-refractivity contribution in [3.8, 4) is 17.0 Å². The van der Waals surface area contributed by atoms with Gasteiger partial charge in [-0.2, -0.15) is 0 Å². The van der Waals surface area contributed by atoms with Crippen LogP contribution in [-0.4, -0.2) is 17.1 Å². The van der Waals surface area contributed by atoms with E-state index in [9.17, 15) is 0 Å². The Morgan fingerprint density at radius 2 is 1.95 bits per heavy atom. The topological polar surface area (TPSA) is 35.0 Å². The van der Waals surface area contributed by atoms with Crippen molar-refractivity contribution in [3.05, 3.63) is 53.3 Å². The van der Waals surface area contributed by atoms with E-state index in [2.05, 4.69) is 25.9 Å². The van der Waals surface area contributed by atoms with Gasteiger partial charge in [0.2, 0.25) is 0 Å². The first-order valence-corrected chi connectivity index (χ1v) is 6.62. The minimum atomic E-state index is 0.798. The van der Waals surface area contributed by atoms with Gasteiger partial charge in [-0.05, 0) is 24.3 Å². The van der Waals surface area contributed by atoms with Crippen molar-refractivity contribution in [2.45, 2.75) is 0 Å². The lowest BCUT2D eigenvalue weighted by Crippen LogP contribution is -1.90. The van der Waals surface area contributed by atoms with Crippen LogP contribution in [0.25, 0.3) is 22.2 Å². The fourth-order valence-electron chi connectivity index (χ4n) is 2.03. The zero-order chi connectivity index (χ0) is 13.2. The van der Waals surface area contributed by atoms with Gasteiger partial charge in [0.05, 0.1) is 18.3 Å². The van der Waals surface area contributed by atoms with Crippen LogP contribution in [0.4, 0.5) is 0 Å². The lowest BCUT2D eigenvalue weighted by Gasteiger charge is -2.07. The summed E-state index contributed by atoms with van der Waals surface area (Å²) in [5.41, 5.74) is 2.87. The van der Waals surface area contributed by atoms with Crippen LogP contribution in [0, 0.1) is 0 Å². The van der Waals surface area contributed by atoms with E-state index in [4.69, 9.17) is 4.74 Å². The maximum atomic E-state index is 5.22. The van der Waals surface area contributed by atoms with E-state index in [-0.39, 0.29) is 0 Å². The average Bonchev–Trinajstić information content (AvgIpc) is 2.46. The first-order valence-electron chi connectivity index (χ1n) is 5.82. The minimum Gasteiger partial charge on any atom is -0.497 e. The maximum Gasteiger partial charge on any atom is 0.121 e. The Balaban J connectivity index is 2.24. The predicted octanol–water partition coefficient (Wildman–Crippen LogP) is 4.07. The molecule has 0 amide bonds. The Morgan fingerprint density at radius 1 is 1.05 bits per heavy atom. The first kappa shape index (κ1) is 12.1. The molecule has 94 valence electrons. The molecule has 1 aromatic heterocycles. The van der Waals surface area contributed by atoms with Crippen molar-refractivity contribution >= 4 is 26.8 Å². The highest BCUT2D eigenvalue weighted by Crippen LogP contribution is 2.29. The molecule has 2 aromatic carbocycles. The quantitative estimate of drug-likeness (QED) is 0.715. The fourth-order valence-corrected chi connectivity index (χ4v) is 2.43. The van der Waals surface area contributed by atoms with Gasteiger partial charge >= 0.3 is 0 Å². The Hall–Kier alpha value is -1.94. The molecule has 0 fully saturated rings. The molecule has 3 aromatic rings. The number of halogens is 1. The zero-order valence-corrected chi connectivity index (χ0v) is 11.9. The molecular formula is C15H11BrN2O. The summed E-state index contributed by atoms with van der Waals surface area (Å²) in [5, 5.41) is 1.02. The number of hydrogen-bond acceptors (Lipinski definition) is 3. The normalized spacial score (nSPS) is 10.6. The van der Waals surface area contributed by atoms with Crippen LogP contribution < -0.4 is 4.74 Å². The standard InChI is InChI=1S/C15H11BrN2O/c1-19-12-5-6-13-14(8-12)17-9-18-15(13)10-3-2-4-11(16)7-10/h2-9H,1H3. The smallest absolute Gasteiger partial charge is 0.121 e. The molecule has 0 saturated heterocycles. The largest absolute Gasteiger partial charge is 0.497 e. The molecule has 3 nitrogen and oxygen atoms in total. The van der Waals surface area contributed by atoms with E-state index in [1.54, 1.807) is 13.4 Å². The minimum absolute atomic E-state index is 0.798. The molecule has 0 bridgehead atoms. The molecule has 1 heterocycles. The van der Waals surface area contributed by atoms with Gasteiger partial charge < -0.3 is 4.74 Å². The molecule has 3 rings (SSSR count). The van der Waals surface area contributed by atoms with E-state index in [1.165, 1.54) is 0 Å². The van der Waals surface area contributed by atoms with E-state index in [1.807, 2.05) is 42.5 Å². The summed E-state index contributed by atoms with van der Waals surface area (Å²) in [6.45, 7) is 0. The van der Waals surface area contributed by atoms with Crippen LogP contribution in [0.1, 0.15) is 0 Å². The predicted molar refractivity (Wildman–Crippen MR) is 79.2 cm³/mol. The second kappa shape index (κ2) is 4.97. The number of fused-ring (bicyclic) bond motifs is 1. The second-order valence-corrected chi connectivity index (χ2v) is 5.03. The van der Waals surface area contributed by atoms with Gasteiger partial charge in [0.15, 0.2) is 0 Å². The van der Waals surface area contributed by atoms with Crippen molar-refractivity contribution in [2.75, 3.05) is 7.11 Å². The molecule has 0 saturated carbocycles. The number of aromatic nitrogens is 2. The Kier molecular flexibility index (Phi) is 3.17. The van der Waals surface area contributed by atoms with E-state index in [0.717, 1.165) is 32.4 Å². The van der Waals surface area contributed by atoms with Gasteiger partial charge in [0, 0.05) is 21.5 Å². The van der Waals surface area contributed by atoms with Gasteiger partial charge in [-0.15, -0.1) is 0 Å². The summed E-state index contributed by atoms with van der Waals surface area (Å²) in [4.78, 5) is 8.70. The summed E-state index contributed by atoms with van der Waals surface area (Å²) >= 11 is 3.48. The van der Waals surface area contributed by atoms with E-state index < -0.39 is 0 Å². The van der Waals surface area contributed by atoms with Crippen LogP contribution in [0.15, 0.2) is 53.3 Å². The van der Waals surface area contributed by atoms with Crippen molar-refractivity contribution < 1.29 is 4.74 Å². The molecule has 0 aliphatic heterocycles. The van der Waals surface area contributed by atoms with Crippen molar-refractivity contribution in [1.82, 2.24) is 9.97 Å². The van der Waals surface area contributed by atoms with Crippen LogP contribution in [-0.2, 0) is 0 Å². The number of benzene rings is 2. The summed E-state index contributed by atoms with van der Waals surface area (Å²) in [6.07, 6.45) is 1.58. The number of rotatable bonds is 2. The highest BCUT2D eigenvalue weighted by atomic mass is 79.9. The maximum absolute atomic E-state index is 5.22. The van der Waals surface area contributed by atoms with E-state index >= 15 is 0 Å². The number of nitrogens with zero attached hydrogens (tertiary/aromatic N) is 2. The van der Waals surface area contributed by atoms with Crippen LogP contribution >= 0.6 is 15.9 Å². The highest BCUT2D eigenvalue weighted by Gasteiger charge is 2.07.